The van der Waals surface area contributed by atoms with Gasteiger partial charge in [-0.05, 0) is 19.1 Å². The Morgan fingerprint density at radius 2 is 1.77 bits per heavy atom. The van der Waals surface area contributed by atoms with Crippen LogP contribution in [0.3, 0.4) is 0 Å². The number of aromatic nitrogens is 2. The third kappa shape index (κ3) is 3.01. The number of halogens is 1. The number of nitrogens with one attached hydrogen (secondary N) is 1. The monoisotopic (exact) mass is 359 g/mol. The van der Waals surface area contributed by atoms with Crippen LogP contribution in [-0.2, 0) is 0 Å². The van der Waals surface area contributed by atoms with Crippen molar-refractivity contribution in [2.75, 3.05) is 26.6 Å². The smallest absolute Gasteiger partial charge is 0.274 e. The number of rotatable bonds is 5. The maximum absolute atomic E-state index is 13.6. The van der Waals surface area contributed by atoms with Gasteiger partial charge < -0.3 is 19.5 Å². The van der Waals surface area contributed by atoms with Crippen molar-refractivity contribution in [1.82, 2.24) is 9.38 Å². The number of imidazole rings is 1. The van der Waals surface area contributed by atoms with Crippen LogP contribution in [-0.4, -0.2) is 36.6 Å². The van der Waals surface area contributed by atoms with E-state index in [9.17, 15) is 9.18 Å². The van der Waals surface area contributed by atoms with Gasteiger partial charge in [-0.15, -0.1) is 0 Å². The highest BCUT2D eigenvalue weighted by Crippen LogP contribution is 2.40. The molecule has 3 rings (SSSR count). The lowest BCUT2D eigenvalue weighted by Crippen LogP contribution is -2.16. The molecule has 8 heteroatoms. The summed E-state index contributed by atoms with van der Waals surface area (Å²) in [5.41, 5.74) is 1.66. The van der Waals surface area contributed by atoms with E-state index in [2.05, 4.69) is 10.3 Å². The minimum absolute atomic E-state index is 0.244. The minimum atomic E-state index is -0.461. The molecule has 1 N–H and O–H groups in total. The molecule has 0 unspecified atom stereocenters. The third-order valence-electron chi connectivity index (χ3n) is 3.89. The second-order valence-electron chi connectivity index (χ2n) is 5.49. The predicted octanol–water partition coefficient (Wildman–Crippen LogP) is 3.06. The topological polar surface area (TPSA) is 74.1 Å². The Kier molecular flexibility index (Phi) is 4.66. The van der Waals surface area contributed by atoms with Crippen molar-refractivity contribution in [1.29, 1.82) is 0 Å². The first-order valence-electron chi connectivity index (χ1n) is 7.74. The number of methoxy groups -OCH3 is 3. The molecule has 0 aliphatic carbocycles. The maximum atomic E-state index is 13.6. The molecule has 2 heterocycles. The molecule has 2 aromatic heterocycles. The van der Waals surface area contributed by atoms with Crippen molar-refractivity contribution >= 4 is 17.2 Å². The van der Waals surface area contributed by atoms with Crippen molar-refractivity contribution in [3.63, 3.8) is 0 Å². The standard InChI is InChI=1S/C18H18FN3O4/c1-10-16(22-9-11(19)5-6-15(22)20-10)18(23)21-12-7-13(24-2)17(26-4)14(8-12)25-3/h5-9H,1-4H3,(H,21,23). The highest BCUT2D eigenvalue weighted by Gasteiger charge is 2.19. The summed E-state index contributed by atoms with van der Waals surface area (Å²) in [5.74, 6) is 0.332. The molecule has 0 aliphatic heterocycles. The summed E-state index contributed by atoms with van der Waals surface area (Å²) in [6, 6.07) is 6.03. The van der Waals surface area contributed by atoms with Crippen molar-refractivity contribution in [3.05, 3.63) is 47.7 Å². The fourth-order valence-corrected chi connectivity index (χ4v) is 2.75. The molecule has 0 spiro atoms. The molecule has 1 amide bonds. The average Bonchev–Trinajstić information content (AvgIpc) is 2.95. The van der Waals surface area contributed by atoms with Crippen molar-refractivity contribution in [2.24, 2.45) is 0 Å². The number of amides is 1. The molecule has 0 aliphatic rings. The summed E-state index contributed by atoms with van der Waals surface area (Å²) in [7, 11) is 4.47. The molecule has 0 saturated heterocycles. The van der Waals surface area contributed by atoms with E-state index in [-0.39, 0.29) is 5.69 Å². The normalized spacial score (nSPS) is 10.7. The molecule has 136 valence electrons. The zero-order chi connectivity index (χ0) is 18.8. The Balaban J connectivity index is 2.01. The van der Waals surface area contributed by atoms with E-state index in [1.54, 1.807) is 19.1 Å². The van der Waals surface area contributed by atoms with Crippen molar-refractivity contribution < 1.29 is 23.4 Å². The predicted molar refractivity (Wildman–Crippen MR) is 93.9 cm³/mol. The number of hydrogen-bond acceptors (Lipinski definition) is 5. The van der Waals surface area contributed by atoms with Gasteiger partial charge in [0.15, 0.2) is 11.5 Å². The quantitative estimate of drug-likeness (QED) is 0.758. The molecule has 0 bridgehead atoms. The second-order valence-corrected chi connectivity index (χ2v) is 5.49. The zero-order valence-electron chi connectivity index (χ0n) is 14.8. The van der Waals surface area contributed by atoms with Gasteiger partial charge in [0, 0.05) is 24.0 Å². The summed E-state index contributed by atoms with van der Waals surface area (Å²) in [6.07, 6.45) is 1.22. The fraction of sp³-hybridized carbons (Fsp3) is 0.222. The van der Waals surface area contributed by atoms with Crippen LogP contribution >= 0.6 is 0 Å². The summed E-state index contributed by atoms with van der Waals surface area (Å²) >= 11 is 0. The largest absolute Gasteiger partial charge is 0.493 e. The number of ether oxygens (including phenoxy) is 3. The lowest BCUT2D eigenvalue weighted by atomic mass is 10.2. The Morgan fingerprint density at radius 3 is 2.35 bits per heavy atom. The molecule has 0 fully saturated rings. The SMILES string of the molecule is COc1cc(NC(=O)c2c(C)nc3ccc(F)cn23)cc(OC)c1OC. The van der Waals surface area contributed by atoms with E-state index >= 15 is 0 Å². The Bertz CT molecular complexity index is 959. The van der Waals surface area contributed by atoms with Gasteiger partial charge in [0.1, 0.15) is 17.2 Å². The van der Waals surface area contributed by atoms with Gasteiger partial charge in [-0.1, -0.05) is 0 Å². The average molecular weight is 359 g/mol. The van der Waals surface area contributed by atoms with Crippen molar-refractivity contribution in [2.45, 2.75) is 6.92 Å². The van der Waals surface area contributed by atoms with E-state index in [4.69, 9.17) is 14.2 Å². The number of anilines is 1. The highest BCUT2D eigenvalue weighted by molar-refractivity contribution is 6.04. The summed E-state index contributed by atoms with van der Waals surface area (Å²) in [4.78, 5) is 17.0. The number of fused-ring (bicyclic) bond motifs is 1. The van der Waals surface area contributed by atoms with Crippen LogP contribution in [0.25, 0.3) is 5.65 Å². The number of nitrogens with zero attached hydrogens (tertiary/aromatic N) is 2. The van der Waals surface area contributed by atoms with Crippen molar-refractivity contribution in [3.8, 4) is 17.2 Å². The molecule has 3 aromatic rings. The van der Waals surface area contributed by atoms with Gasteiger partial charge in [-0.2, -0.15) is 0 Å². The van der Waals surface area contributed by atoms with Crippen LogP contribution in [0.15, 0.2) is 30.5 Å². The zero-order valence-corrected chi connectivity index (χ0v) is 14.8. The van der Waals surface area contributed by atoms with Gasteiger partial charge in [-0.3, -0.25) is 9.20 Å². The van der Waals surface area contributed by atoms with E-state index < -0.39 is 11.7 Å². The number of aryl methyl sites for hydroxylation is 1. The Hall–Kier alpha value is -3.29. The first-order chi connectivity index (χ1) is 12.5. The Labute approximate surface area is 149 Å². The molecule has 0 atom stereocenters. The highest BCUT2D eigenvalue weighted by atomic mass is 19.1. The number of carbonyl (C=O) groups is 1. The van der Waals surface area contributed by atoms with E-state index in [1.807, 2.05) is 0 Å². The molecular weight excluding hydrogens is 341 g/mol. The summed E-state index contributed by atoms with van der Waals surface area (Å²) < 4.78 is 30.8. The van der Waals surface area contributed by atoms with Gasteiger partial charge in [0.2, 0.25) is 5.75 Å². The second kappa shape index (κ2) is 6.91. The van der Waals surface area contributed by atoms with Gasteiger partial charge >= 0.3 is 0 Å². The molecule has 1 aromatic carbocycles. The van der Waals surface area contributed by atoms with E-state index in [1.165, 1.54) is 44.1 Å². The van der Waals surface area contributed by atoms with Crippen LogP contribution in [0.1, 0.15) is 16.2 Å². The molecular formula is C18H18FN3O4. The maximum Gasteiger partial charge on any atom is 0.274 e. The summed E-state index contributed by atoms with van der Waals surface area (Å²) in [5, 5.41) is 2.76. The number of carbonyl (C=O) groups excluding carboxylic acids is 1. The van der Waals surface area contributed by atoms with Gasteiger partial charge in [-0.25, -0.2) is 9.37 Å². The van der Waals surface area contributed by atoms with Crippen LogP contribution in [0.5, 0.6) is 17.2 Å². The van der Waals surface area contributed by atoms with E-state index in [0.29, 0.717) is 34.3 Å². The lowest BCUT2D eigenvalue weighted by Gasteiger charge is -2.14. The first-order valence-corrected chi connectivity index (χ1v) is 7.74. The molecule has 0 saturated carbocycles. The van der Waals surface area contributed by atoms with E-state index in [0.717, 1.165) is 0 Å². The minimum Gasteiger partial charge on any atom is -0.493 e. The van der Waals surface area contributed by atoms with Crippen LogP contribution in [0.4, 0.5) is 10.1 Å². The lowest BCUT2D eigenvalue weighted by molar-refractivity contribution is 0.102. The van der Waals surface area contributed by atoms with Gasteiger partial charge in [0.05, 0.1) is 27.0 Å². The molecule has 0 radical (unpaired) electrons. The van der Waals surface area contributed by atoms with Crippen LogP contribution in [0.2, 0.25) is 0 Å². The molecule has 7 nitrogen and oxygen atoms in total. The fourth-order valence-electron chi connectivity index (χ4n) is 2.75. The van der Waals surface area contributed by atoms with Crippen LogP contribution in [0, 0.1) is 12.7 Å². The van der Waals surface area contributed by atoms with Crippen LogP contribution < -0.4 is 19.5 Å². The third-order valence-corrected chi connectivity index (χ3v) is 3.89. The molecule has 26 heavy (non-hydrogen) atoms. The Morgan fingerprint density at radius 1 is 1.12 bits per heavy atom. The first kappa shape index (κ1) is 17.5. The van der Waals surface area contributed by atoms with Gasteiger partial charge in [0.25, 0.3) is 5.91 Å². The number of benzene rings is 1. The number of pyridine rings is 1. The number of hydrogen-bond donors (Lipinski definition) is 1. The summed E-state index contributed by atoms with van der Waals surface area (Å²) in [6.45, 7) is 1.69.